The molecule has 0 aromatic heterocycles. The molecular formula is C17H18BrF. The molecule has 19 heavy (non-hydrogen) atoms. The second-order valence-electron chi connectivity index (χ2n) is 4.83. The van der Waals surface area contributed by atoms with Crippen LogP contribution in [0, 0.1) is 12.7 Å². The van der Waals surface area contributed by atoms with Crippen LogP contribution < -0.4 is 0 Å². The first-order valence-corrected chi connectivity index (χ1v) is 7.53. The van der Waals surface area contributed by atoms with E-state index in [0.29, 0.717) is 11.1 Å². The van der Waals surface area contributed by atoms with Crippen LogP contribution in [0.3, 0.4) is 0 Å². The predicted molar refractivity (Wildman–Crippen MR) is 82.3 cm³/mol. The Morgan fingerprint density at radius 1 is 1.11 bits per heavy atom. The highest BCUT2D eigenvalue weighted by molar-refractivity contribution is 9.09. The summed E-state index contributed by atoms with van der Waals surface area (Å²) in [6.07, 6.45) is 2.23. The maximum atomic E-state index is 14.1. The van der Waals surface area contributed by atoms with Gasteiger partial charge >= 0.3 is 0 Å². The molecule has 2 aromatic carbocycles. The number of rotatable bonds is 4. The molecule has 0 aliphatic rings. The minimum Gasteiger partial charge on any atom is -0.206 e. The SMILES string of the molecule is CCCc1ccc(C(Br)c2cccc(C)c2F)cc1. The maximum Gasteiger partial charge on any atom is 0.130 e. The van der Waals surface area contributed by atoms with Crippen molar-refractivity contribution in [2.24, 2.45) is 0 Å². The highest BCUT2D eigenvalue weighted by Gasteiger charge is 2.15. The van der Waals surface area contributed by atoms with Gasteiger partial charge in [0.15, 0.2) is 0 Å². The number of hydrogen-bond donors (Lipinski definition) is 0. The van der Waals surface area contributed by atoms with Gasteiger partial charge in [-0.05, 0) is 30.0 Å². The first-order chi connectivity index (χ1) is 9.13. The minimum atomic E-state index is -0.123. The van der Waals surface area contributed by atoms with Crippen molar-refractivity contribution in [3.05, 3.63) is 70.5 Å². The van der Waals surface area contributed by atoms with E-state index in [4.69, 9.17) is 0 Å². The van der Waals surface area contributed by atoms with Crippen LogP contribution in [0.2, 0.25) is 0 Å². The topological polar surface area (TPSA) is 0 Å². The van der Waals surface area contributed by atoms with Crippen LogP contribution in [-0.2, 0) is 6.42 Å². The van der Waals surface area contributed by atoms with Crippen molar-refractivity contribution in [2.45, 2.75) is 31.5 Å². The van der Waals surface area contributed by atoms with Crippen LogP contribution in [0.1, 0.15) is 40.4 Å². The van der Waals surface area contributed by atoms with Crippen molar-refractivity contribution >= 4 is 15.9 Å². The van der Waals surface area contributed by atoms with Crippen molar-refractivity contribution in [1.29, 1.82) is 0 Å². The molecule has 0 nitrogen and oxygen atoms in total. The molecule has 0 fully saturated rings. The van der Waals surface area contributed by atoms with Gasteiger partial charge in [0, 0.05) is 5.56 Å². The van der Waals surface area contributed by atoms with Gasteiger partial charge in [-0.3, -0.25) is 0 Å². The monoisotopic (exact) mass is 320 g/mol. The summed E-state index contributed by atoms with van der Waals surface area (Å²) >= 11 is 3.60. The van der Waals surface area contributed by atoms with Gasteiger partial charge in [-0.2, -0.15) is 0 Å². The van der Waals surface area contributed by atoms with E-state index in [0.717, 1.165) is 18.4 Å². The average molecular weight is 321 g/mol. The fourth-order valence-electron chi connectivity index (χ4n) is 2.19. The molecule has 1 atom stereocenters. The third kappa shape index (κ3) is 3.24. The summed E-state index contributed by atoms with van der Waals surface area (Å²) in [5.74, 6) is -0.123. The third-order valence-electron chi connectivity index (χ3n) is 3.31. The quantitative estimate of drug-likeness (QED) is 0.646. The summed E-state index contributed by atoms with van der Waals surface area (Å²) in [6.45, 7) is 3.96. The summed E-state index contributed by atoms with van der Waals surface area (Å²) in [4.78, 5) is -0.0944. The molecule has 0 radical (unpaired) electrons. The Kier molecular flexibility index (Phi) is 4.76. The highest BCUT2D eigenvalue weighted by atomic mass is 79.9. The van der Waals surface area contributed by atoms with Gasteiger partial charge in [0.25, 0.3) is 0 Å². The number of alkyl halides is 1. The van der Waals surface area contributed by atoms with Crippen molar-refractivity contribution in [3.8, 4) is 0 Å². The van der Waals surface area contributed by atoms with Crippen LogP contribution in [-0.4, -0.2) is 0 Å². The maximum absolute atomic E-state index is 14.1. The summed E-state index contributed by atoms with van der Waals surface area (Å²) in [5.41, 5.74) is 3.80. The first kappa shape index (κ1) is 14.3. The van der Waals surface area contributed by atoms with E-state index in [1.54, 1.807) is 13.0 Å². The molecule has 2 heteroatoms. The summed E-state index contributed by atoms with van der Waals surface area (Å²) < 4.78 is 14.1. The zero-order chi connectivity index (χ0) is 13.8. The van der Waals surface area contributed by atoms with E-state index < -0.39 is 0 Å². The Hall–Kier alpha value is -1.15. The molecular weight excluding hydrogens is 303 g/mol. The zero-order valence-corrected chi connectivity index (χ0v) is 12.9. The summed E-state index contributed by atoms with van der Waals surface area (Å²) in [7, 11) is 0. The van der Waals surface area contributed by atoms with Gasteiger partial charge in [-0.15, -0.1) is 0 Å². The van der Waals surface area contributed by atoms with Crippen LogP contribution in [0.15, 0.2) is 42.5 Å². The number of halogens is 2. The standard InChI is InChI=1S/C17H18BrF/c1-3-5-13-8-10-14(11-9-13)16(18)15-7-4-6-12(2)17(15)19/h4,6-11,16H,3,5H2,1-2H3. The Balaban J connectivity index is 2.28. The molecule has 0 saturated heterocycles. The minimum absolute atomic E-state index is 0.0944. The van der Waals surface area contributed by atoms with Gasteiger partial charge < -0.3 is 0 Å². The van der Waals surface area contributed by atoms with E-state index in [1.807, 2.05) is 12.1 Å². The molecule has 0 saturated carbocycles. The fraction of sp³-hybridized carbons (Fsp3) is 0.294. The number of aryl methyl sites for hydroxylation is 2. The molecule has 1 unspecified atom stereocenters. The Labute approximate surface area is 122 Å². The summed E-state index contributed by atoms with van der Waals surface area (Å²) in [6, 6.07) is 13.9. The third-order valence-corrected chi connectivity index (χ3v) is 4.33. The normalized spacial score (nSPS) is 12.4. The van der Waals surface area contributed by atoms with Crippen LogP contribution >= 0.6 is 15.9 Å². The number of benzene rings is 2. The molecule has 2 aromatic rings. The predicted octanol–water partition coefficient (Wildman–Crippen LogP) is 5.57. The van der Waals surface area contributed by atoms with E-state index in [9.17, 15) is 4.39 Å². The zero-order valence-electron chi connectivity index (χ0n) is 11.3. The van der Waals surface area contributed by atoms with Crippen LogP contribution in [0.5, 0.6) is 0 Å². The first-order valence-electron chi connectivity index (χ1n) is 6.61. The lowest BCUT2D eigenvalue weighted by Gasteiger charge is -2.13. The van der Waals surface area contributed by atoms with Crippen LogP contribution in [0.4, 0.5) is 4.39 Å². The van der Waals surface area contributed by atoms with Crippen molar-refractivity contribution in [3.63, 3.8) is 0 Å². The van der Waals surface area contributed by atoms with Gasteiger partial charge in [-0.1, -0.05) is 71.7 Å². The number of hydrogen-bond acceptors (Lipinski definition) is 0. The van der Waals surface area contributed by atoms with Crippen LogP contribution in [0.25, 0.3) is 0 Å². The smallest absolute Gasteiger partial charge is 0.130 e. The lowest BCUT2D eigenvalue weighted by molar-refractivity contribution is 0.604. The van der Waals surface area contributed by atoms with E-state index in [1.165, 1.54) is 5.56 Å². The molecule has 0 spiro atoms. The van der Waals surface area contributed by atoms with Gasteiger partial charge in [0.05, 0.1) is 4.83 Å². The largest absolute Gasteiger partial charge is 0.206 e. The Morgan fingerprint density at radius 2 is 1.79 bits per heavy atom. The molecule has 0 aliphatic heterocycles. The van der Waals surface area contributed by atoms with Gasteiger partial charge in [0.2, 0.25) is 0 Å². The van der Waals surface area contributed by atoms with E-state index in [-0.39, 0.29) is 10.6 Å². The summed E-state index contributed by atoms with van der Waals surface area (Å²) in [5, 5.41) is 0. The van der Waals surface area contributed by atoms with Crippen molar-refractivity contribution < 1.29 is 4.39 Å². The van der Waals surface area contributed by atoms with E-state index >= 15 is 0 Å². The molecule has 100 valence electrons. The highest BCUT2D eigenvalue weighted by Crippen LogP contribution is 2.33. The van der Waals surface area contributed by atoms with Crippen molar-refractivity contribution in [1.82, 2.24) is 0 Å². The average Bonchev–Trinajstić information content (AvgIpc) is 2.42. The molecule has 0 aliphatic carbocycles. The molecule has 0 heterocycles. The molecule has 0 N–H and O–H groups in total. The van der Waals surface area contributed by atoms with Gasteiger partial charge in [-0.25, -0.2) is 4.39 Å². The second kappa shape index (κ2) is 6.33. The fourth-order valence-corrected chi connectivity index (χ4v) is 2.85. The molecule has 2 rings (SSSR count). The van der Waals surface area contributed by atoms with Gasteiger partial charge in [0.1, 0.15) is 5.82 Å². The van der Waals surface area contributed by atoms with E-state index in [2.05, 4.69) is 47.1 Å². The van der Waals surface area contributed by atoms with Crippen molar-refractivity contribution in [2.75, 3.05) is 0 Å². The Morgan fingerprint density at radius 3 is 2.42 bits per heavy atom. The Bertz CT molecular complexity index is 546. The second-order valence-corrected chi connectivity index (χ2v) is 5.75. The molecule has 0 amide bonds. The lowest BCUT2D eigenvalue weighted by atomic mass is 10.0. The lowest BCUT2D eigenvalue weighted by Crippen LogP contribution is -1.98. The molecule has 0 bridgehead atoms.